The van der Waals surface area contributed by atoms with Crippen LogP contribution in [-0.4, -0.2) is 42.2 Å². The van der Waals surface area contributed by atoms with Crippen LogP contribution in [0.3, 0.4) is 0 Å². The zero-order valence-electron chi connectivity index (χ0n) is 8.07. The number of hydrogen-bond donors (Lipinski definition) is 2. The highest BCUT2D eigenvalue weighted by Crippen LogP contribution is 2.19. The van der Waals surface area contributed by atoms with Gasteiger partial charge in [-0.05, 0) is 25.8 Å². The summed E-state index contributed by atoms with van der Waals surface area (Å²) in [5, 5.41) is 8.53. The smallest absolute Gasteiger partial charge is 0.303 e. The van der Waals surface area contributed by atoms with Gasteiger partial charge in [0.25, 0.3) is 0 Å². The summed E-state index contributed by atoms with van der Waals surface area (Å²) in [5.41, 5.74) is 5.83. The fourth-order valence-electron chi connectivity index (χ4n) is 2.03. The van der Waals surface area contributed by atoms with Gasteiger partial charge in [0.2, 0.25) is 0 Å². The van der Waals surface area contributed by atoms with E-state index in [2.05, 4.69) is 4.90 Å². The predicted octanol–water partition coefficient (Wildman–Crippen LogP) is 0.130. The molecule has 0 saturated carbocycles. The monoisotopic (exact) mass is 186 g/mol. The van der Waals surface area contributed by atoms with Gasteiger partial charge in [-0.15, -0.1) is 0 Å². The van der Waals surface area contributed by atoms with E-state index in [0.29, 0.717) is 5.92 Å². The van der Waals surface area contributed by atoms with Gasteiger partial charge in [0.05, 0.1) is 0 Å². The van der Waals surface area contributed by atoms with Gasteiger partial charge in [0, 0.05) is 25.6 Å². The van der Waals surface area contributed by atoms with Crippen molar-refractivity contribution in [1.29, 1.82) is 0 Å². The number of carbonyl (C=O) groups is 1. The fourth-order valence-corrected chi connectivity index (χ4v) is 2.03. The number of piperidine rings is 1. The number of likely N-dealkylation sites (tertiary alicyclic amines) is 1. The SMILES string of the molecule is CN1CC(N)CC(CCC(=O)O)C1. The summed E-state index contributed by atoms with van der Waals surface area (Å²) in [6.07, 6.45) is 2.00. The maximum Gasteiger partial charge on any atom is 0.303 e. The lowest BCUT2D eigenvalue weighted by atomic mass is 9.91. The Labute approximate surface area is 78.7 Å². The Kier molecular flexibility index (Phi) is 3.69. The second-order valence-electron chi connectivity index (χ2n) is 4.02. The van der Waals surface area contributed by atoms with Crippen LogP contribution in [0.15, 0.2) is 0 Å². The molecule has 0 aliphatic carbocycles. The number of nitrogens with two attached hydrogens (primary N) is 1. The van der Waals surface area contributed by atoms with Crippen molar-refractivity contribution in [2.45, 2.75) is 25.3 Å². The highest BCUT2D eigenvalue weighted by molar-refractivity contribution is 5.66. The minimum atomic E-state index is -0.707. The Hall–Kier alpha value is -0.610. The van der Waals surface area contributed by atoms with E-state index in [1.807, 2.05) is 7.05 Å². The number of carboxylic acid groups (broad SMARTS) is 1. The van der Waals surface area contributed by atoms with Gasteiger partial charge in [-0.1, -0.05) is 0 Å². The van der Waals surface area contributed by atoms with E-state index >= 15 is 0 Å². The minimum absolute atomic E-state index is 0.220. The summed E-state index contributed by atoms with van der Waals surface area (Å²) in [6, 6.07) is 0.220. The van der Waals surface area contributed by atoms with Crippen LogP contribution in [0.4, 0.5) is 0 Å². The lowest BCUT2D eigenvalue weighted by Crippen LogP contribution is -2.45. The topological polar surface area (TPSA) is 66.6 Å². The molecule has 1 aliphatic rings. The number of hydrogen-bond acceptors (Lipinski definition) is 3. The van der Waals surface area contributed by atoms with Gasteiger partial charge in [-0.25, -0.2) is 0 Å². The van der Waals surface area contributed by atoms with Gasteiger partial charge >= 0.3 is 5.97 Å². The van der Waals surface area contributed by atoms with Crippen molar-refractivity contribution in [2.75, 3.05) is 20.1 Å². The lowest BCUT2D eigenvalue weighted by Gasteiger charge is -2.33. The average Bonchev–Trinajstić information content (AvgIpc) is 1.99. The van der Waals surface area contributed by atoms with E-state index in [1.54, 1.807) is 0 Å². The largest absolute Gasteiger partial charge is 0.481 e. The zero-order valence-corrected chi connectivity index (χ0v) is 8.07. The molecule has 2 atom stereocenters. The number of aliphatic carboxylic acids is 1. The van der Waals surface area contributed by atoms with Gasteiger partial charge in [0.1, 0.15) is 0 Å². The van der Waals surface area contributed by atoms with Gasteiger partial charge in [0.15, 0.2) is 0 Å². The molecular formula is C9H18N2O2. The molecule has 0 spiro atoms. The summed E-state index contributed by atoms with van der Waals surface area (Å²) < 4.78 is 0. The molecule has 4 nitrogen and oxygen atoms in total. The first kappa shape index (κ1) is 10.5. The number of nitrogens with zero attached hydrogens (tertiary/aromatic N) is 1. The zero-order chi connectivity index (χ0) is 9.84. The Morgan fingerprint density at radius 2 is 2.31 bits per heavy atom. The molecule has 0 aromatic carbocycles. The summed E-state index contributed by atoms with van der Waals surface area (Å²) in [7, 11) is 2.03. The molecule has 1 heterocycles. The standard InChI is InChI=1S/C9H18N2O2/c1-11-5-7(2-3-9(12)13)4-8(10)6-11/h7-8H,2-6,10H2,1H3,(H,12,13). The molecule has 1 rings (SSSR count). The number of carboxylic acids is 1. The Balaban J connectivity index is 2.28. The average molecular weight is 186 g/mol. The van der Waals surface area contributed by atoms with Gasteiger partial charge in [-0.3, -0.25) is 4.79 Å². The molecule has 1 fully saturated rings. The highest BCUT2D eigenvalue weighted by Gasteiger charge is 2.22. The van der Waals surface area contributed by atoms with E-state index in [4.69, 9.17) is 10.8 Å². The summed E-state index contributed by atoms with van der Waals surface area (Å²) in [6.45, 7) is 1.92. The van der Waals surface area contributed by atoms with E-state index in [1.165, 1.54) is 0 Å². The lowest BCUT2D eigenvalue weighted by molar-refractivity contribution is -0.137. The maximum absolute atomic E-state index is 10.4. The Morgan fingerprint density at radius 3 is 2.85 bits per heavy atom. The molecule has 1 saturated heterocycles. The van der Waals surface area contributed by atoms with E-state index in [0.717, 1.165) is 25.9 Å². The van der Waals surface area contributed by atoms with Crippen molar-refractivity contribution >= 4 is 5.97 Å². The molecule has 0 amide bonds. The molecular weight excluding hydrogens is 168 g/mol. The molecule has 0 radical (unpaired) electrons. The third-order valence-corrected chi connectivity index (χ3v) is 2.52. The molecule has 13 heavy (non-hydrogen) atoms. The molecule has 2 unspecified atom stereocenters. The van der Waals surface area contributed by atoms with Crippen LogP contribution in [0.25, 0.3) is 0 Å². The third-order valence-electron chi connectivity index (χ3n) is 2.52. The van der Waals surface area contributed by atoms with Crippen molar-refractivity contribution in [3.8, 4) is 0 Å². The van der Waals surface area contributed by atoms with E-state index in [-0.39, 0.29) is 12.5 Å². The van der Waals surface area contributed by atoms with E-state index in [9.17, 15) is 4.79 Å². The molecule has 4 heteroatoms. The summed E-state index contributed by atoms with van der Waals surface area (Å²) >= 11 is 0. The van der Waals surface area contributed by atoms with Gasteiger partial charge < -0.3 is 15.7 Å². The molecule has 0 bridgehead atoms. The third kappa shape index (κ3) is 3.74. The summed E-state index contributed by atoms with van der Waals surface area (Å²) in [5.74, 6) is -0.244. The minimum Gasteiger partial charge on any atom is -0.481 e. The van der Waals surface area contributed by atoms with Crippen LogP contribution in [-0.2, 0) is 4.79 Å². The quantitative estimate of drug-likeness (QED) is 0.657. The summed E-state index contributed by atoms with van der Waals surface area (Å²) in [4.78, 5) is 12.5. The van der Waals surface area contributed by atoms with Crippen molar-refractivity contribution in [1.82, 2.24) is 4.90 Å². The Bertz CT molecular complexity index is 174. The second-order valence-corrected chi connectivity index (χ2v) is 4.02. The molecule has 76 valence electrons. The number of rotatable bonds is 3. The molecule has 3 N–H and O–H groups in total. The molecule has 1 aliphatic heterocycles. The fraction of sp³-hybridized carbons (Fsp3) is 0.889. The van der Waals surface area contributed by atoms with Crippen LogP contribution in [0.1, 0.15) is 19.3 Å². The van der Waals surface area contributed by atoms with Crippen LogP contribution >= 0.6 is 0 Å². The molecule has 0 aromatic rings. The van der Waals surface area contributed by atoms with E-state index < -0.39 is 5.97 Å². The van der Waals surface area contributed by atoms with Crippen LogP contribution < -0.4 is 5.73 Å². The van der Waals surface area contributed by atoms with Crippen molar-refractivity contribution < 1.29 is 9.90 Å². The first-order chi connectivity index (χ1) is 6.08. The highest BCUT2D eigenvalue weighted by atomic mass is 16.4. The van der Waals surface area contributed by atoms with Crippen molar-refractivity contribution in [3.63, 3.8) is 0 Å². The first-order valence-electron chi connectivity index (χ1n) is 4.74. The number of likely N-dealkylation sites (N-methyl/N-ethyl adjacent to an activating group) is 1. The van der Waals surface area contributed by atoms with Crippen LogP contribution in [0.5, 0.6) is 0 Å². The van der Waals surface area contributed by atoms with Crippen molar-refractivity contribution in [2.24, 2.45) is 11.7 Å². The van der Waals surface area contributed by atoms with Crippen LogP contribution in [0, 0.1) is 5.92 Å². The van der Waals surface area contributed by atoms with Crippen LogP contribution in [0.2, 0.25) is 0 Å². The molecule has 0 aromatic heterocycles. The second kappa shape index (κ2) is 4.58. The van der Waals surface area contributed by atoms with Gasteiger partial charge in [-0.2, -0.15) is 0 Å². The maximum atomic E-state index is 10.4. The predicted molar refractivity (Wildman–Crippen MR) is 50.4 cm³/mol. The van der Waals surface area contributed by atoms with Crippen molar-refractivity contribution in [3.05, 3.63) is 0 Å². The normalized spacial score (nSPS) is 30.3. The Morgan fingerprint density at radius 1 is 1.62 bits per heavy atom. The first-order valence-corrected chi connectivity index (χ1v) is 4.74.